The first-order valence-electron chi connectivity index (χ1n) is 5.53. The molecule has 1 fully saturated rings. The van der Waals surface area contributed by atoms with Crippen molar-refractivity contribution in [2.45, 2.75) is 19.9 Å². The van der Waals surface area contributed by atoms with Crippen molar-refractivity contribution in [3.8, 4) is 0 Å². The van der Waals surface area contributed by atoms with Crippen molar-refractivity contribution in [2.24, 2.45) is 5.92 Å². The zero-order valence-corrected chi connectivity index (χ0v) is 10.4. The van der Waals surface area contributed by atoms with Gasteiger partial charge in [0.05, 0.1) is 19.6 Å². The van der Waals surface area contributed by atoms with E-state index in [0.29, 0.717) is 6.54 Å². The predicted molar refractivity (Wildman–Crippen MR) is 59.9 cm³/mol. The van der Waals surface area contributed by atoms with Crippen LogP contribution < -0.4 is 0 Å². The molecule has 1 aliphatic heterocycles. The van der Waals surface area contributed by atoms with Gasteiger partial charge in [-0.1, -0.05) is 6.92 Å². The fourth-order valence-electron chi connectivity index (χ4n) is 1.82. The molecule has 0 aromatic heterocycles. The summed E-state index contributed by atoms with van der Waals surface area (Å²) in [5, 5.41) is 0. The molecule has 0 radical (unpaired) electrons. The molecule has 0 aromatic rings. The van der Waals surface area contributed by atoms with Crippen molar-refractivity contribution in [3.05, 3.63) is 0 Å². The topological polar surface area (TPSA) is 49.9 Å². The second kappa shape index (κ2) is 5.30. The first-order chi connectivity index (χ1) is 7.47. The van der Waals surface area contributed by atoms with Crippen molar-refractivity contribution in [1.82, 2.24) is 9.80 Å². The smallest absolute Gasteiger partial charge is 0.309 e. The van der Waals surface area contributed by atoms with Crippen LogP contribution in [0.4, 0.5) is 0 Å². The second-order valence-corrected chi connectivity index (χ2v) is 4.34. The summed E-state index contributed by atoms with van der Waals surface area (Å²) in [4.78, 5) is 26.7. The minimum absolute atomic E-state index is 0.0325. The number of carbonyl (C=O) groups excluding carboxylic acids is 2. The van der Waals surface area contributed by atoms with Gasteiger partial charge < -0.3 is 9.64 Å². The molecule has 1 rings (SSSR count). The summed E-state index contributed by atoms with van der Waals surface area (Å²) in [7, 11) is 3.19. The number of rotatable bonds is 3. The molecule has 0 N–H and O–H groups in total. The van der Waals surface area contributed by atoms with Crippen molar-refractivity contribution >= 4 is 11.9 Å². The summed E-state index contributed by atoms with van der Waals surface area (Å²) < 4.78 is 4.71. The van der Waals surface area contributed by atoms with Gasteiger partial charge in [-0.3, -0.25) is 14.5 Å². The van der Waals surface area contributed by atoms with Crippen molar-refractivity contribution in [3.63, 3.8) is 0 Å². The first-order valence-corrected chi connectivity index (χ1v) is 5.53. The van der Waals surface area contributed by atoms with Gasteiger partial charge in [-0.15, -0.1) is 0 Å². The van der Waals surface area contributed by atoms with Crippen molar-refractivity contribution in [1.29, 1.82) is 0 Å². The molecular formula is C11H20N2O3. The number of hydrogen-bond acceptors (Lipinski definition) is 4. The summed E-state index contributed by atoms with van der Waals surface area (Å²) in [5.74, 6) is -0.324. The van der Waals surface area contributed by atoms with Crippen LogP contribution in [0, 0.1) is 5.92 Å². The lowest BCUT2D eigenvalue weighted by Crippen LogP contribution is -2.53. The van der Waals surface area contributed by atoms with Gasteiger partial charge in [0.25, 0.3) is 0 Å². The fourth-order valence-corrected chi connectivity index (χ4v) is 1.82. The molecule has 2 unspecified atom stereocenters. The van der Waals surface area contributed by atoms with Crippen LogP contribution in [0.3, 0.4) is 0 Å². The minimum atomic E-state index is -0.223. The van der Waals surface area contributed by atoms with Gasteiger partial charge in [-0.2, -0.15) is 0 Å². The molecular weight excluding hydrogens is 208 g/mol. The Balaban J connectivity index is 2.57. The Labute approximate surface area is 96.3 Å². The molecule has 1 aliphatic rings. The van der Waals surface area contributed by atoms with Crippen LogP contribution in [0.1, 0.15) is 13.8 Å². The van der Waals surface area contributed by atoms with Gasteiger partial charge in [-0.05, 0) is 6.92 Å². The Bertz CT molecular complexity index is 278. The predicted octanol–water partition coefficient (Wildman–Crippen LogP) is -0.0420. The summed E-state index contributed by atoms with van der Waals surface area (Å²) in [5.41, 5.74) is 0. The summed E-state index contributed by atoms with van der Waals surface area (Å²) in [6.07, 6.45) is 0. The van der Waals surface area contributed by atoms with Gasteiger partial charge in [0.15, 0.2) is 0 Å². The summed E-state index contributed by atoms with van der Waals surface area (Å²) >= 11 is 0. The molecule has 1 amide bonds. The molecule has 0 spiro atoms. The third kappa shape index (κ3) is 2.72. The molecule has 16 heavy (non-hydrogen) atoms. The number of hydrogen-bond donors (Lipinski definition) is 0. The van der Waals surface area contributed by atoms with Gasteiger partial charge in [0.2, 0.25) is 5.91 Å². The number of methoxy groups -OCH3 is 1. The Morgan fingerprint density at radius 3 is 2.50 bits per heavy atom. The molecule has 5 heteroatoms. The fraction of sp³-hybridized carbons (Fsp3) is 0.818. The number of nitrogens with zero attached hydrogens (tertiary/aromatic N) is 2. The van der Waals surface area contributed by atoms with E-state index in [1.165, 1.54) is 7.11 Å². The van der Waals surface area contributed by atoms with Crippen molar-refractivity contribution < 1.29 is 14.3 Å². The highest BCUT2D eigenvalue weighted by Crippen LogP contribution is 2.14. The van der Waals surface area contributed by atoms with Crippen LogP contribution in [-0.4, -0.2) is 61.5 Å². The van der Waals surface area contributed by atoms with E-state index in [1.807, 2.05) is 18.7 Å². The van der Waals surface area contributed by atoms with Crippen LogP contribution in [0.15, 0.2) is 0 Å². The zero-order valence-electron chi connectivity index (χ0n) is 10.4. The van der Waals surface area contributed by atoms with Crippen LogP contribution in [0.5, 0.6) is 0 Å². The highest BCUT2D eigenvalue weighted by atomic mass is 16.5. The average Bonchev–Trinajstić information content (AvgIpc) is 2.29. The third-order valence-corrected chi connectivity index (χ3v) is 3.36. The molecule has 0 bridgehead atoms. The highest BCUT2D eigenvalue weighted by molar-refractivity contribution is 5.79. The summed E-state index contributed by atoms with van der Waals surface area (Å²) in [6, 6.07) is 0.0325. The molecule has 1 saturated heterocycles. The van der Waals surface area contributed by atoms with Crippen LogP contribution >= 0.6 is 0 Å². The van der Waals surface area contributed by atoms with Crippen LogP contribution in [0.2, 0.25) is 0 Å². The molecule has 1 heterocycles. The lowest BCUT2D eigenvalue weighted by atomic mass is 10.0. The first kappa shape index (κ1) is 13.0. The van der Waals surface area contributed by atoms with E-state index in [2.05, 4.69) is 0 Å². The van der Waals surface area contributed by atoms with Gasteiger partial charge >= 0.3 is 5.97 Å². The Morgan fingerprint density at radius 2 is 2.00 bits per heavy atom. The monoisotopic (exact) mass is 228 g/mol. The molecule has 0 aliphatic carbocycles. The number of carbonyl (C=O) groups is 2. The number of piperazine rings is 1. The quantitative estimate of drug-likeness (QED) is 0.636. The maximum absolute atomic E-state index is 11.5. The minimum Gasteiger partial charge on any atom is -0.469 e. The number of amides is 1. The number of likely N-dealkylation sites (N-methyl/N-ethyl adjacent to an activating group) is 1. The normalized spacial score (nSPS) is 21.8. The number of esters is 1. The Morgan fingerprint density at radius 1 is 1.38 bits per heavy atom. The van der Waals surface area contributed by atoms with E-state index in [0.717, 1.165) is 13.1 Å². The average molecular weight is 228 g/mol. The van der Waals surface area contributed by atoms with Gasteiger partial charge in [0.1, 0.15) is 0 Å². The summed E-state index contributed by atoms with van der Waals surface area (Å²) in [6.45, 7) is 5.71. The third-order valence-electron chi connectivity index (χ3n) is 3.36. The highest BCUT2D eigenvalue weighted by Gasteiger charge is 2.30. The molecule has 5 nitrogen and oxygen atoms in total. The van der Waals surface area contributed by atoms with E-state index in [1.54, 1.807) is 11.9 Å². The maximum Gasteiger partial charge on any atom is 0.309 e. The Hall–Kier alpha value is -1.10. The molecule has 0 aromatic carbocycles. The molecule has 0 saturated carbocycles. The largest absolute Gasteiger partial charge is 0.469 e. The SMILES string of the molecule is COC(=O)C(C)C(C)N1CCN(C)C(=O)C1. The lowest BCUT2D eigenvalue weighted by molar-refractivity contribution is -0.149. The van der Waals surface area contributed by atoms with E-state index in [9.17, 15) is 9.59 Å². The van der Waals surface area contributed by atoms with Gasteiger partial charge in [0, 0.05) is 26.2 Å². The van der Waals surface area contributed by atoms with E-state index in [-0.39, 0.29) is 23.8 Å². The second-order valence-electron chi connectivity index (χ2n) is 4.34. The number of ether oxygens (including phenoxy) is 1. The molecule has 2 atom stereocenters. The Kier molecular flexibility index (Phi) is 4.29. The van der Waals surface area contributed by atoms with E-state index < -0.39 is 0 Å². The van der Waals surface area contributed by atoms with Crippen LogP contribution in [0.25, 0.3) is 0 Å². The zero-order chi connectivity index (χ0) is 12.3. The maximum atomic E-state index is 11.5. The molecule has 92 valence electrons. The van der Waals surface area contributed by atoms with Crippen LogP contribution in [-0.2, 0) is 14.3 Å². The van der Waals surface area contributed by atoms with E-state index in [4.69, 9.17) is 4.74 Å². The lowest BCUT2D eigenvalue weighted by Gasteiger charge is -2.37. The standard InChI is InChI=1S/C11H20N2O3/c1-8(11(15)16-4)9(2)13-6-5-12(3)10(14)7-13/h8-9H,5-7H2,1-4H3. The van der Waals surface area contributed by atoms with Crippen molar-refractivity contribution in [2.75, 3.05) is 33.8 Å². The van der Waals surface area contributed by atoms with E-state index >= 15 is 0 Å². The van der Waals surface area contributed by atoms with Gasteiger partial charge in [-0.25, -0.2) is 0 Å².